The molecule has 3 rings (SSSR count). The van der Waals surface area contributed by atoms with Gasteiger partial charge >= 0.3 is 0 Å². The SMILES string of the molecule is CCn1cc(Cl)c(CNC(=O)/C=C/c2ccc(OC)c(COc3cccc(C)c3)c2)n1. The topological polar surface area (TPSA) is 65.4 Å². The molecule has 1 heterocycles. The van der Waals surface area contributed by atoms with Crippen LogP contribution in [0.1, 0.15) is 29.3 Å². The average molecular weight is 440 g/mol. The van der Waals surface area contributed by atoms with Gasteiger partial charge in [0.1, 0.15) is 23.8 Å². The summed E-state index contributed by atoms with van der Waals surface area (Å²) in [4.78, 5) is 12.2. The van der Waals surface area contributed by atoms with Gasteiger partial charge in [0.05, 0.1) is 18.7 Å². The Kier molecular flexibility index (Phi) is 7.73. The van der Waals surface area contributed by atoms with Crippen molar-refractivity contribution in [2.24, 2.45) is 0 Å². The lowest BCUT2D eigenvalue weighted by Gasteiger charge is -2.11. The summed E-state index contributed by atoms with van der Waals surface area (Å²) >= 11 is 6.13. The van der Waals surface area contributed by atoms with Crippen molar-refractivity contribution in [2.45, 2.75) is 33.5 Å². The molecule has 2 aromatic carbocycles. The van der Waals surface area contributed by atoms with Crippen LogP contribution in [-0.4, -0.2) is 22.8 Å². The molecule has 7 heteroatoms. The number of carbonyl (C=O) groups excluding carboxylic acids is 1. The number of halogens is 1. The van der Waals surface area contributed by atoms with Gasteiger partial charge in [0.2, 0.25) is 5.91 Å². The molecule has 0 bridgehead atoms. The lowest BCUT2D eigenvalue weighted by Crippen LogP contribution is -2.20. The normalized spacial score (nSPS) is 11.0. The Morgan fingerprint density at radius 3 is 2.81 bits per heavy atom. The Morgan fingerprint density at radius 1 is 1.26 bits per heavy atom. The van der Waals surface area contributed by atoms with Gasteiger partial charge in [-0.05, 0) is 55.3 Å². The van der Waals surface area contributed by atoms with E-state index in [0.29, 0.717) is 17.3 Å². The molecule has 0 aliphatic heterocycles. The second kappa shape index (κ2) is 10.7. The van der Waals surface area contributed by atoms with Crippen LogP contribution in [0.3, 0.4) is 0 Å². The van der Waals surface area contributed by atoms with Crippen molar-refractivity contribution in [1.29, 1.82) is 0 Å². The molecular formula is C24H26ClN3O3. The standard InChI is InChI=1S/C24H26ClN3O3/c1-4-28-15-21(25)22(27-28)14-26-24(29)11-9-18-8-10-23(30-3)19(13-18)16-31-20-7-5-6-17(2)12-20/h5-13,15H,4,14,16H2,1-3H3,(H,26,29)/b11-9+. The molecule has 0 aliphatic rings. The van der Waals surface area contributed by atoms with E-state index < -0.39 is 0 Å². The van der Waals surface area contributed by atoms with Gasteiger partial charge in [0.15, 0.2) is 0 Å². The van der Waals surface area contributed by atoms with Gasteiger partial charge < -0.3 is 14.8 Å². The Morgan fingerprint density at radius 2 is 2.10 bits per heavy atom. The fourth-order valence-electron chi connectivity index (χ4n) is 3.00. The Hall–Kier alpha value is -3.25. The van der Waals surface area contributed by atoms with Crippen LogP contribution in [0.5, 0.6) is 11.5 Å². The lowest BCUT2D eigenvalue weighted by molar-refractivity contribution is -0.116. The first-order valence-electron chi connectivity index (χ1n) is 10.0. The average Bonchev–Trinajstić information content (AvgIpc) is 3.14. The number of ether oxygens (including phenoxy) is 2. The Labute approximate surface area is 187 Å². The number of hydrogen-bond donors (Lipinski definition) is 1. The third-order valence-corrected chi connectivity index (χ3v) is 4.97. The molecule has 0 radical (unpaired) electrons. The van der Waals surface area contributed by atoms with Crippen LogP contribution in [0.4, 0.5) is 0 Å². The van der Waals surface area contributed by atoms with Crippen molar-refractivity contribution in [3.8, 4) is 11.5 Å². The third kappa shape index (κ3) is 6.36. The lowest BCUT2D eigenvalue weighted by atomic mass is 10.1. The molecule has 6 nitrogen and oxygen atoms in total. The van der Waals surface area contributed by atoms with E-state index in [1.807, 2.05) is 56.3 Å². The number of nitrogens with zero attached hydrogens (tertiary/aromatic N) is 2. The first-order valence-corrected chi connectivity index (χ1v) is 10.4. The number of rotatable bonds is 9. The zero-order chi connectivity index (χ0) is 22.2. The monoisotopic (exact) mass is 439 g/mol. The van der Waals surface area contributed by atoms with Crippen molar-refractivity contribution >= 4 is 23.6 Å². The van der Waals surface area contributed by atoms with Crippen LogP contribution in [0.15, 0.2) is 54.7 Å². The molecule has 0 fully saturated rings. The van der Waals surface area contributed by atoms with E-state index >= 15 is 0 Å². The van der Waals surface area contributed by atoms with Crippen molar-refractivity contribution in [1.82, 2.24) is 15.1 Å². The minimum atomic E-state index is -0.226. The van der Waals surface area contributed by atoms with Crippen LogP contribution in [0, 0.1) is 6.92 Å². The van der Waals surface area contributed by atoms with Crippen LogP contribution in [-0.2, 0) is 24.5 Å². The van der Waals surface area contributed by atoms with Gasteiger partial charge in [-0.3, -0.25) is 9.48 Å². The highest BCUT2D eigenvalue weighted by atomic mass is 35.5. The molecular weight excluding hydrogens is 414 g/mol. The quantitative estimate of drug-likeness (QED) is 0.487. The number of amides is 1. The van der Waals surface area contributed by atoms with E-state index in [1.165, 1.54) is 6.08 Å². The van der Waals surface area contributed by atoms with Gasteiger partial charge in [-0.25, -0.2) is 0 Å². The van der Waals surface area contributed by atoms with Crippen LogP contribution in [0.25, 0.3) is 6.08 Å². The smallest absolute Gasteiger partial charge is 0.244 e. The van der Waals surface area contributed by atoms with Gasteiger partial charge in [-0.1, -0.05) is 29.8 Å². The summed E-state index contributed by atoms with van der Waals surface area (Å²) in [7, 11) is 1.62. The maximum atomic E-state index is 12.2. The zero-order valence-corrected chi connectivity index (χ0v) is 18.6. The summed E-state index contributed by atoms with van der Waals surface area (Å²) in [5, 5.41) is 7.66. The minimum Gasteiger partial charge on any atom is -0.496 e. The van der Waals surface area contributed by atoms with Crippen molar-refractivity contribution in [3.05, 3.63) is 82.1 Å². The number of nitrogens with one attached hydrogen (secondary N) is 1. The van der Waals surface area contributed by atoms with Crippen LogP contribution < -0.4 is 14.8 Å². The highest BCUT2D eigenvalue weighted by Crippen LogP contribution is 2.23. The van der Waals surface area contributed by atoms with E-state index in [4.69, 9.17) is 21.1 Å². The fourth-order valence-corrected chi connectivity index (χ4v) is 3.22. The van der Waals surface area contributed by atoms with Crippen molar-refractivity contribution in [3.63, 3.8) is 0 Å². The largest absolute Gasteiger partial charge is 0.496 e. The highest BCUT2D eigenvalue weighted by Gasteiger charge is 2.08. The first kappa shape index (κ1) is 22.4. The predicted octanol–water partition coefficient (Wildman–Crippen LogP) is 4.78. The Balaban J connectivity index is 1.62. The number of benzene rings is 2. The number of carbonyl (C=O) groups is 1. The highest BCUT2D eigenvalue weighted by molar-refractivity contribution is 6.31. The van der Waals surface area contributed by atoms with Gasteiger partial charge in [-0.2, -0.15) is 5.10 Å². The van der Waals surface area contributed by atoms with Crippen LogP contribution >= 0.6 is 11.6 Å². The second-order valence-corrected chi connectivity index (χ2v) is 7.41. The van der Waals surface area contributed by atoms with E-state index in [2.05, 4.69) is 10.4 Å². The number of hydrogen-bond acceptors (Lipinski definition) is 4. The van der Waals surface area contributed by atoms with Crippen molar-refractivity contribution in [2.75, 3.05) is 7.11 Å². The van der Waals surface area contributed by atoms with Gasteiger partial charge in [0.25, 0.3) is 0 Å². The number of aryl methyl sites for hydroxylation is 2. The van der Waals surface area contributed by atoms with E-state index in [9.17, 15) is 4.79 Å². The molecule has 0 unspecified atom stereocenters. The maximum absolute atomic E-state index is 12.2. The number of methoxy groups -OCH3 is 1. The molecule has 1 amide bonds. The summed E-state index contributed by atoms with van der Waals surface area (Å²) in [6.07, 6.45) is 4.98. The molecule has 3 aromatic rings. The molecule has 1 N–H and O–H groups in total. The van der Waals surface area contributed by atoms with E-state index in [0.717, 1.165) is 34.7 Å². The molecule has 1 aromatic heterocycles. The molecule has 31 heavy (non-hydrogen) atoms. The molecule has 0 aliphatic carbocycles. The summed E-state index contributed by atoms with van der Waals surface area (Å²) in [5.41, 5.74) is 3.54. The molecule has 0 atom stereocenters. The zero-order valence-electron chi connectivity index (χ0n) is 17.9. The summed E-state index contributed by atoms with van der Waals surface area (Å²) in [5.74, 6) is 1.30. The summed E-state index contributed by atoms with van der Waals surface area (Å²) in [6.45, 7) is 5.35. The molecule has 0 saturated carbocycles. The summed E-state index contributed by atoms with van der Waals surface area (Å²) in [6, 6.07) is 13.6. The third-order valence-electron chi connectivity index (χ3n) is 4.66. The van der Waals surface area contributed by atoms with E-state index in [1.54, 1.807) is 24.1 Å². The molecule has 0 spiro atoms. The van der Waals surface area contributed by atoms with E-state index in [-0.39, 0.29) is 12.5 Å². The van der Waals surface area contributed by atoms with Crippen LogP contribution in [0.2, 0.25) is 5.02 Å². The molecule has 162 valence electrons. The molecule has 0 saturated heterocycles. The van der Waals surface area contributed by atoms with Crippen molar-refractivity contribution < 1.29 is 14.3 Å². The minimum absolute atomic E-state index is 0.226. The second-order valence-electron chi connectivity index (χ2n) is 7.01. The van der Waals surface area contributed by atoms with Gasteiger partial charge in [-0.15, -0.1) is 0 Å². The Bertz CT molecular complexity index is 1080. The fraction of sp³-hybridized carbons (Fsp3) is 0.250. The number of aromatic nitrogens is 2. The maximum Gasteiger partial charge on any atom is 0.244 e. The van der Waals surface area contributed by atoms with Gasteiger partial charge in [0, 0.05) is 24.4 Å². The summed E-state index contributed by atoms with van der Waals surface area (Å²) < 4.78 is 13.1. The first-order chi connectivity index (χ1) is 15.0. The predicted molar refractivity (Wildman–Crippen MR) is 122 cm³/mol.